The second kappa shape index (κ2) is 6.89. The van der Waals surface area contributed by atoms with Crippen molar-refractivity contribution in [3.63, 3.8) is 0 Å². The summed E-state index contributed by atoms with van der Waals surface area (Å²) < 4.78 is 4.71. The number of rotatable bonds is 7. The smallest absolute Gasteiger partial charge is 0.340 e. The Hall–Kier alpha value is -1.88. The van der Waals surface area contributed by atoms with E-state index in [4.69, 9.17) is 9.84 Å². The lowest BCUT2D eigenvalue weighted by molar-refractivity contribution is 0.0597. The fourth-order valence-corrected chi connectivity index (χ4v) is 2.06. The van der Waals surface area contributed by atoms with Crippen LogP contribution in [0.15, 0.2) is 6.58 Å². The van der Waals surface area contributed by atoms with Gasteiger partial charge >= 0.3 is 5.97 Å². The molecule has 0 fully saturated rings. The second-order valence-corrected chi connectivity index (χ2v) is 4.16. The number of methoxy groups -OCH3 is 1. The molecule has 0 saturated heterocycles. The van der Waals surface area contributed by atoms with Gasteiger partial charge in [0.25, 0.3) is 0 Å². The summed E-state index contributed by atoms with van der Waals surface area (Å²) in [5.74, 6) is -0.531. The van der Waals surface area contributed by atoms with Gasteiger partial charge in [-0.25, -0.2) is 4.79 Å². The molecule has 0 atom stereocenters. The Morgan fingerprint density at radius 3 is 2.68 bits per heavy atom. The van der Waals surface area contributed by atoms with Crippen LogP contribution in [-0.2, 0) is 11.2 Å². The Balaban J connectivity index is 3.26. The van der Waals surface area contributed by atoms with E-state index in [2.05, 4.69) is 11.6 Å². The first kappa shape index (κ1) is 15.2. The number of nitrogens with one attached hydrogen (secondary N) is 1. The van der Waals surface area contributed by atoms with E-state index in [-0.39, 0.29) is 17.9 Å². The van der Waals surface area contributed by atoms with Crippen LogP contribution in [0.5, 0.6) is 0 Å². The number of aldehydes is 1. The predicted octanol–water partition coefficient (Wildman–Crippen LogP) is 1.96. The molecule has 0 saturated carbocycles. The van der Waals surface area contributed by atoms with Crippen molar-refractivity contribution in [2.75, 3.05) is 13.7 Å². The van der Waals surface area contributed by atoms with Crippen LogP contribution in [0, 0.1) is 0 Å². The zero-order valence-corrected chi connectivity index (χ0v) is 11.3. The molecule has 0 spiro atoms. The summed E-state index contributed by atoms with van der Waals surface area (Å²) >= 11 is 0. The van der Waals surface area contributed by atoms with Crippen molar-refractivity contribution in [2.45, 2.75) is 26.2 Å². The fraction of sp³-hybridized carbons (Fsp3) is 0.429. The predicted molar refractivity (Wildman–Crippen MR) is 72.3 cm³/mol. The SMILES string of the molecule is C=C(CCCO)c1[nH]c(C=O)c(C(=O)OC)c1CC. The number of carbonyl (C=O) groups excluding carboxylic acids is 2. The van der Waals surface area contributed by atoms with Crippen LogP contribution in [0.1, 0.15) is 51.9 Å². The van der Waals surface area contributed by atoms with Crippen molar-refractivity contribution in [3.05, 3.63) is 29.1 Å². The lowest BCUT2D eigenvalue weighted by Gasteiger charge is -2.06. The van der Waals surface area contributed by atoms with Crippen LogP contribution >= 0.6 is 0 Å². The number of esters is 1. The van der Waals surface area contributed by atoms with Crippen molar-refractivity contribution < 1.29 is 19.4 Å². The van der Waals surface area contributed by atoms with Gasteiger partial charge in [-0.2, -0.15) is 0 Å². The summed E-state index contributed by atoms with van der Waals surface area (Å²) in [5, 5.41) is 8.84. The number of allylic oxidation sites excluding steroid dienone is 1. The first-order chi connectivity index (χ1) is 9.10. The number of aliphatic hydroxyl groups excluding tert-OH is 1. The molecule has 5 nitrogen and oxygen atoms in total. The Kier molecular flexibility index (Phi) is 5.51. The first-order valence-corrected chi connectivity index (χ1v) is 6.17. The van der Waals surface area contributed by atoms with Crippen LogP contribution < -0.4 is 0 Å². The van der Waals surface area contributed by atoms with Crippen molar-refractivity contribution in [1.82, 2.24) is 4.98 Å². The van der Waals surface area contributed by atoms with E-state index in [9.17, 15) is 9.59 Å². The van der Waals surface area contributed by atoms with E-state index < -0.39 is 5.97 Å². The zero-order valence-electron chi connectivity index (χ0n) is 11.3. The van der Waals surface area contributed by atoms with Crippen LogP contribution in [0.3, 0.4) is 0 Å². The van der Waals surface area contributed by atoms with Gasteiger partial charge in [0.2, 0.25) is 0 Å². The van der Waals surface area contributed by atoms with Crippen molar-refractivity contribution in [1.29, 1.82) is 0 Å². The Labute approximate surface area is 112 Å². The van der Waals surface area contributed by atoms with Crippen LogP contribution in [0.25, 0.3) is 5.57 Å². The molecule has 0 radical (unpaired) electrons. The molecule has 1 aromatic heterocycles. The molecule has 104 valence electrons. The summed E-state index contributed by atoms with van der Waals surface area (Å²) in [6.45, 7) is 5.91. The topological polar surface area (TPSA) is 79.4 Å². The minimum absolute atomic E-state index is 0.0750. The maximum atomic E-state index is 11.8. The number of hydrogen-bond acceptors (Lipinski definition) is 4. The Morgan fingerprint density at radius 1 is 1.53 bits per heavy atom. The highest BCUT2D eigenvalue weighted by Crippen LogP contribution is 2.27. The van der Waals surface area contributed by atoms with Gasteiger partial charge < -0.3 is 14.8 Å². The average Bonchev–Trinajstić information content (AvgIpc) is 2.82. The van der Waals surface area contributed by atoms with Gasteiger partial charge in [0.05, 0.1) is 18.4 Å². The fourth-order valence-electron chi connectivity index (χ4n) is 2.06. The maximum absolute atomic E-state index is 11.8. The minimum Gasteiger partial charge on any atom is -0.465 e. The van der Waals surface area contributed by atoms with Crippen molar-refractivity contribution in [2.24, 2.45) is 0 Å². The summed E-state index contributed by atoms with van der Waals surface area (Å²) in [4.78, 5) is 25.7. The van der Waals surface area contributed by atoms with Gasteiger partial charge in [-0.05, 0) is 30.4 Å². The molecule has 1 heterocycles. The van der Waals surface area contributed by atoms with E-state index in [0.717, 1.165) is 11.1 Å². The van der Waals surface area contributed by atoms with Gasteiger partial charge in [-0.15, -0.1) is 0 Å². The molecular weight excluding hydrogens is 246 g/mol. The molecule has 0 amide bonds. The van der Waals surface area contributed by atoms with Crippen molar-refractivity contribution >= 4 is 17.8 Å². The normalized spacial score (nSPS) is 10.3. The van der Waals surface area contributed by atoms with Gasteiger partial charge in [0.15, 0.2) is 6.29 Å². The standard InChI is InChI=1S/C14H19NO4/c1-4-10-12(14(18)19-3)11(8-17)15-13(10)9(2)6-5-7-16/h8,15-16H,2,4-7H2,1,3H3. The van der Waals surface area contributed by atoms with Gasteiger partial charge in [0.1, 0.15) is 0 Å². The number of aromatic nitrogens is 1. The van der Waals surface area contributed by atoms with Crippen LogP contribution in [-0.4, -0.2) is 36.1 Å². The molecular formula is C14H19NO4. The molecule has 0 aliphatic carbocycles. The van der Waals surface area contributed by atoms with E-state index in [1.807, 2.05) is 6.92 Å². The largest absolute Gasteiger partial charge is 0.465 e. The highest BCUT2D eigenvalue weighted by Gasteiger charge is 2.23. The molecule has 0 aliphatic rings. The number of aromatic amines is 1. The van der Waals surface area contributed by atoms with Crippen molar-refractivity contribution in [3.8, 4) is 0 Å². The highest BCUT2D eigenvalue weighted by molar-refractivity contribution is 6.00. The van der Waals surface area contributed by atoms with E-state index in [1.54, 1.807) is 0 Å². The summed E-state index contributed by atoms with van der Waals surface area (Å²) in [5.41, 5.74) is 2.68. The molecule has 2 N–H and O–H groups in total. The first-order valence-electron chi connectivity index (χ1n) is 6.17. The molecule has 0 aliphatic heterocycles. The number of H-pyrrole nitrogens is 1. The van der Waals surface area contributed by atoms with Gasteiger partial charge in [-0.1, -0.05) is 13.5 Å². The van der Waals surface area contributed by atoms with Gasteiger partial charge in [-0.3, -0.25) is 4.79 Å². The third kappa shape index (κ3) is 3.12. The zero-order chi connectivity index (χ0) is 14.4. The molecule has 19 heavy (non-hydrogen) atoms. The lowest BCUT2D eigenvalue weighted by Crippen LogP contribution is -2.06. The molecule has 0 aromatic carbocycles. The average molecular weight is 265 g/mol. The monoisotopic (exact) mass is 265 g/mol. The summed E-state index contributed by atoms with van der Waals surface area (Å²) in [6, 6.07) is 0. The van der Waals surface area contributed by atoms with E-state index in [1.165, 1.54) is 7.11 Å². The number of hydrogen-bond donors (Lipinski definition) is 2. The van der Waals surface area contributed by atoms with Crippen LogP contribution in [0.2, 0.25) is 0 Å². The minimum atomic E-state index is -0.531. The third-order valence-corrected chi connectivity index (χ3v) is 2.98. The summed E-state index contributed by atoms with van der Waals surface area (Å²) in [6.07, 6.45) is 2.38. The lowest BCUT2D eigenvalue weighted by atomic mass is 10.0. The van der Waals surface area contributed by atoms with Gasteiger partial charge in [0, 0.05) is 12.3 Å². The van der Waals surface area contributed by atoms with E-state index in [0.29, 0.717) is 31.2 Å². The quantitative estimate of drug-likeness (QED) is 0.583. The number of ether oxygens (including phenoxy) is 1. The second-order valence-electron chi connectivity index (χ2n) is 4.16. The maximum Gasteiger partial charge on any atom is 0.340 e. The molecule has 5 heteroatoms. The molecule has 0 bridgehead atoms. The van der Waals surface area contributed by atoms with E-state index >= 15 is 0 Å². The van der Waals surface area contributed by atoms with Crippen LogP contribution in [0.4, 0.5) is 0 Å². The molecule has 1 aromatic rings. The summed E-state index contributed by atoms with van der Waals surface area (Å²) in [7, 11) is 1.28. The Bertz CT molecular complexity index is 488. The molecule has 0 unspecified atom stereocenters. The highest BCUT2D eigenvalue weighted by atomic mass is 16.5. The molecule has 1 rings (SSSR count). The number of carbonyl (C=O) groups is 2. The number of aliphatic hydroxyl groups is 1. The Morgan fingerprint density at radius 2 is 2.21 bits per heavy atom. The third-order valence-electron chi connectivity index (χ3n) is 2.98.